The Morgan fingerprint density at radius 1 is 0.950 bits per heavy atom. The Kier molecular flexibility index (Phi) is 11.4. The number of methoxy groups -OCH3 is 1. The van der Waals surface area contributed by atoms with Gasteiger partial charge in [-0.3, -0.25) is 9.59 Å². The summed E-state index contributed by atoms with van der Waals surface area (Å²) in [5.74, 6) is 0.171. The summed E-state index contributed by atoms with van der Waals surface area (Å²) in [4.78, 5) is 22.5. The van der Waals surface area contributed by atoms with Gasteiger partial charge in [-0.25, -0.2) is 0 Å². The average Bonchev–Trinajstić information content (AvgIpc) is 2.41. The first-order valence-corrected chi connectivity index (χ1v) is 7.74. The highest BCUT2D eigenvalue weighted by atomic mass is 16.5. The molecule has 0 aromatic heterocycles. The largest absolute Gasteiger partial charge is 0.469 e. The minimum Gasteiger partial charge on any atom is -0.469 e. The van der Waals surface area contributed by atoms with Crippen molar-refractivity contribution < 1.29 is 19.4 Å². The number of carbonyl (C=O) groups excluding carboxylic acids is 2. The number of hydrogen-bond acceptors (Lipinski definition) is 4. The van der Waals surface area contributed by atoms with Crippen LogP contribution in [0.2, 0.25) is 0 Å². The zero-order valence-electron chi connectivity index (χ0n) is 13.2. The number of ether oxygens (including phenoxy) is 1. The van der Waals surface area contributed by atoms with Crippen LogP contribution in [0.4, 0.5) is 0 Å². The molecule has 4 heteroatoms. The van der Waals surface area contributed by atoms with Crippen LogP contribution in [0.3, 0.4) is 0 Å². The van der Waals surface area contributed by atoms with E-state index in [1.165, 1.54) is 7.11 Å². The van der Waals surface area contributed by atoms with Gasteiger partial charge in [-0.05, 0) is 18.8 Å². The number of Topliss-reactive ketones (excluding diaryl/α,β-unsaturated/α-hetero) is 1. The van der Waals surface area contributed by atoms with Crippen molar-refractivity contribution in [3.8, 4) is 0 Å². The molecule has 0 aliphatic carbocycles. The molecular weight excluding hydrogens is 256 g/mol. The number of unbranched alkanes of at least 4 members (excludes halogenated alkanes) is 5. The molecule has 1 atom stereocenters. The van der Waals surface area contributed by atoms with Crippen LogP contribution in [0.25, 0.3) is 0 Å². The van der Waals surface area contributed by atoms with Crippen molar-refractivity contribution in [2.24, 2.45) is 5.92 Å². The second-order valence-corrected chi connectivity index (χ2v) is 5.75. The molecular formula is C16H30O4. The zero-order valence-corrected chi connectivity index (χ0v) is 13.2. The standard InChI is InChI=1S/C16H30O4/c1-13(2)15(18)12-14(17)10-8-6-4-5-7-9-11-16(19)20-3/h13,15,18H,4-12H2,1-3H3/t15-/m0/s1. The molecule has 0 fully saturated rings. The third-order valence-electron chi connectivity index (χ3n) is 3.52. The SMILES string of the molecule is COC(=O)CCCCCCCCC(=O)C[C@H](O)C(C)C. The maximum atomic E-state index is 11.6. The molecule has 0 saturated heterocycles. The van der Waals surface area contributed by atoms with Crippen LogP contribution in [0.15, 0.2) is 0 Å². The first kappa shape index (κ1) is 19.1. The number of ketones is 1. The van der Waals surface area contributed by atoms with Crippen LogP contribution in [-0.2, 0) is 14.3 Å². The summed E-state index contributed by atoms with van der Waals surface area (Å²) in [7, 11) is 1.41. The molecule has 0 rings (SSSR count). The fourth-order valence-electron chi connectivity index (χ4n) is 1.97. The van der Waals surface area contributed by atoms with E-state index in [0.717, 1.165) is 38.5 Å². The van der Waals surface area contributed by atoms with E-state index in [1.54, 1.807) is 0 Å². The van der Waals surface area contributed by atoms with E-state index in [2.05, 4.69) is 4.74 Å². The molecule has 0 saturated carbocycles. The fourth-order valence-corrected chi connectivity index (χ4v) is 1.97. The predicted octanol–water partition coefficient (Wildman–Crippen LogP) is 3.26. The second kappa shape index (κ2) is 11.9. The Bertz CT molecular complexity index is 274. The van der Waals surface area contributed by atoms with E-state index in [9.17, 15) is 14.7 Å². The lowest BCUT2D eigenvalue weighted by molar-refractivity contribution is -0.140. The molecule has 1 N–H and O–H groups in total. The van der Waals surface area contributed by atoms with Crippen LogP contribution < -0.4 is 0 Å². The highest BCUT2D eigenvalue weighted by Crippen LogP contribution is 2.12. The highest BCUT2D eigenvalue weighted by Gasteiger charge is 2.13. The molecule has 0 unspecified atom stereocenters. The van der Waals surface area contributed by atoms with Crippen molar-refractivity contribution in [1.29, 1.82) is 0 Å². The number of hydrogen-bond donors (Lipinski definition) is 1. The quantitative estimate of drug-likeness (QED) is 0.442. The van der Waals surface area contributed by atoms with Gasteiger partial charge in [-0.15, -0.1) is 0 Å². The van der Waals surface area contributed by atoms with Gasteiger partial charge in [-0.1, -0.05) is 39.5 Å². The van der Waals surface area contributed by atoms with Gasteiger partial charge in [0.15, 0.2) is 0 Å². The smallest absolute Gasteiger partial charge is 0.305 e. The number of carbonyl (C=O) groups is 2. The normalized spacial score (nSPS) is 12.4. The number of rotatable bonds is 12. The van der Waals surface area contributed by atoms with Gasteiger partial charge in [0.25, 0.3) is 0 Å². The zero-order chi connectivity index (χ0) is 15.4. The van der Waals surface area contributed by atoms with Gasteiger partial charge < -0.3 is 9.84 Å². The lowest BCUT2D eigenvalue weighted by Gasteiger charge is -2.12. The topological polar surface area (TPSA) is 63.6 Å². The summed E-state index contributed by atoms with van der Waals surface area (Å²) < 4.78 is 4.57. The van der Waals surface area contributed by atoms with Crippen molar-refractivity contribution in [2.45, 2.75) is 77.7 Å². The minimum absolute atomic E-state index is 0.140. The summed E-state index contributed by atoms with van der Waals surface area (Å²) in [6.45, 7) is 3.85. The first-order valence-electron chi connectivity index (χ1n) is 7.74. The molecule has 0 aliphatic heterocycles. The summed E-state index contributed by atoms with van der Waals surface area (Å²) in [5.41, 5.74) is 0. The molecule has 118 valence electrons. The van der Waals surface area contributed by atoms with Gasteiger partial charge >= 0.3 is 5.97 Å². The van der Waals surface area contributed by atoms with Crippen LogP contribution in [-0.4, -0.2) is 30.1 Å². The fraction of sp³-hybridized carbons (Fsp3) is 0.875. The van der Waals surface area contributed by atoms with Gasteiger partial charge in [0.05, 0.1) is 13.2 Å². The number of aliphatic hydroxyl groups is 1. The van der Waals surface area contributed by atoms with E-state index in [-0.39, 0.29) is 24.1 Å². The molecule has 0 aromatic rings. The van der Waals surface area contributed by atoms with Crippen molar-refractivity contribution in [2.75, 3.05) is 7.11 Å². The predicted molar refractivity (Wildman–Crippen MR) is 79.4 cm³/mol. The van der Waals surface area contributed by atoms with Crippen LogP contribution in [0, 0.1) is 5.92 Å². The summed E-state index contributed by atoms with van der Waals surface area (Å²) in [6.07, 6.45) is 6.93. The molecule has 20 heavy (non-hydrogen) atoms. The van der Waals surface area contributed by atoms with Crippen LogP contribution in [0.1, 0.15) is 71.6 Å². The highest BCUT2D eigenvalue weighted by molar-refractivity contribution is 5.78. The van der Waals surface area contributed by atoms with E-state index < -0.39 is 6.10 Å². The van der Waals surface area contributed by atoms with Gasteiger partial charge in [0, 0.05) is 19.3 Å². The van der Waals surface area contributed by atoms with E-state index >= 15 is 0 Å². The first-order chi connectivity index (χ1) is 9.47. The Morgan fingerprint density at radius 2 is 1.45 bits per heavy atom. The molecule has 0 amide bonds. The minimum atomic E-state index is -0.499. The summed E-state index contributed by atoms with van der Waals surface area (Å²) >= 11 is 0. The molecule has 4 nitrogen and oxygen atoms in total. The summed E-state index contributed by atoms with van der Waals surface area (Å²) in [5, 5.41) is 9.60. The van der Waals surface area contributed by atoms with Crippen molar-refractivity contribution in [3.63, 3.8) is 0 Å². The second-order valence-electron chi connectivity index (χ2n) is 5.75. The van der Waals surface area contributed by atoms with E-state index in [4.69, 9.17) is 0 Å². The van der Waals surface area contributed by atoms with Crippen molar-refractivity contribution in [1.82, 2.24) is 0 Å². The Morgan fingerprint density at radius 3 is 1.95 bits per heavy atom. The van der Waals surface area contributed by atoms with Crippen LogP contribution in [0.5, 0.6) is 0 Å². The Hall–Kier alpha value is -0.900. The Labute approximate surface area is 122 Å². The lowest BCUT2D eigenvalue weighted by Crippen LogP contribution is -2.19. The molecule has 0 aromatic carbocycles. The van der Waals surface area contributed by atoms with Gasteiger partial charge in [0.2, 0.25) is 0 Å². The maximum absolute atomic E-state index is 11.6. The molecule has 0 radical (unpaired) electrons. The van der Waals surface area contributed by atoms with Crippen LogP contribution >= 0.6 is 0 Å². The monoisotopic (exact) mass is 286 g/mol. The maximum Gasteiger partial charge on any atom is 0.305 e. The summed E-state index contributed by atoms with van der Waals surface area (Å²) in [6, 6.07) is 0. The third kappa shape index (κ3) is 11.0. The van der Waals surface area contributed by atoms with Crippen molar-refractivity contribution >= 4 is 11.8 Å². The van der Waals surface area contributed by atoms with E-state index in [0.29, 0.717) is 12.8 Å². The number of esters is 1. The molecule has 0 aliphatic rings. The molecule has 0 spiro atoms. The third-order valence-corrected chi connectivity index (χ3v) is 3.52. The Balaban J connectivity index is 3.35. The van der Waals surface area contributed by atoms with E-state index in [1.807, 2.05) is 13.8 Å². The van der Waals surface area contributed by atoms with Gasteiger partial charge in [-0.2, -0.15) is 0 Å². The lowest BCUT2D eigenvalue weighted by atomic mass is 9.99. The molecule has 0 bridgehead atoms. The van der Waals surface area contributed by atoms with Crippen molar-refractivity contribution in [3.05, 3.63) is 0 Å². The average molecular weight is 286 g/mol. The molecule has 0 heterocycles. The van der Waals surface area contributed by atoms with Gasteiger partial charge in [0.1, 0.15) is 5.78 Å². The number of aliphatic hydroxyl groups excluding tert-OH is 1.